The van der Waals surface area contributed by atoms with Crippen molar-refractivity contribution < 1.29 is 17.7 Å². The fourth-order valence-corrected chi connectivity index (χ4v) is 2.81. The molecule has 1 heterocycles. The summed E-state index contributed by atoms with van der Waals surface area (Å²) in [6.45, 7) is 3.57. The van der Waals surface area contributed by atoms with Gasteiger partial charge in [-0.25, -0.2) is 8.42 Å². The summed E-state index contributed by atoms with van der Waals surface area (Å²) in [5, 5.41) is 6.11. The minimum absolute atomic E-state index is 0.0484. The Labute approximate surface area is 122 Å². The molecule has 0 spiro atoms. The van der Waals surface area contributed by atoms with E-state index in [1.54, 1.807) is 32.0 Å². The molecule has 7 nitrogen and oxygen atoms in total. The number of carbonyl (C=O) groups excluding carboxylic acids is 1. The third-order valence-corrected chi connectivity index (χ3v) is 4.13. The highest BCUT2D eigenvalue weighted by atomic mass is 32.2. The average Bonchev–Trinajstić information content (AvgIpc) is 2.87. The normalized spacial score (nSPS) is 11.6. The first-order chi connectivity index (χ1) is 9.88. The second-order valence-electron chi connectivity index (χ2n) is 4.72. The molecule has 112 valence electrons. The molecule has 1 aromatic carbocycles. The second-order valence-corrected chi connectivity index (χ2v) is 6.71. The Morgan fingerprint density at radius 3 is 2.57 bits per heavy atom. The van der Waals surface area contributed by atoms with Crippen LogP contribution in [0.5, 0.6) is 0 Å². The lowest BCUT2D eigenvalue weighted by Gasteiger charge is -2.03. The highest BCUT2D eigenvalue weighted by Gasteiger charge is 2.21. The summed E-state index contributed by atoms with van der Waals surface area (Å²) in [7, 11) is -3.57. The van der Waals surface area contributed by atoms with Crippen molar-refractivity contribution in [1.82, 2.24) is 15.5 Å². The van der Waals surface area contributed by atoms with Gasteiger partial charge in [-0.3, -0.25) is 4.79 Å². The van der Waals surface area contributed by atoms with Crippen LogP contribution in [0.1, 0.15) is 30.4 Å². The maximum atomic E-state index is 12.1. The molecule has 0 saturated carbocycles. The van der Waals surface area contributed by atoms with E-state index in [9.17, 15) is 13.2 Å². The van der Waals surface area contributed by atoms with Crippen molar-refractivity contribution in [2.75, 3.05) is 0 Å². The third-order valence-electron chi connectivity index (χ3n) is 2.50. The van der Waals surface area contributed by atoms with Gasteiger partial charge in [0.25, 0.3) is 0 Å². The quantitative estimate of drug-likeness (QED) is 0.889. The Balaban J connectivity index is 2.14. The van der Waals surface area contributed by atoms with E-state index in [0.29, 0.717) is 0 Å². The van der Waals surface area contributed by atoms with E-state index >= 15 is 0 Å². The van der Waals surface area contributed by atoms with Crippen LogP contribution in [0.15, 0.2) is 39.8 Å². The van der Waals surface area contributed by atoms with Crippen LogP contribution >= 0.6 is 0 Å². The molecule has 0 fully saturated rings. The molecule has 1 N–H and O–H groups in total. The Hall–Kier alpha value is -2.22. The molecule has 1 aromatic heterocycles. The summed E-state index contributed by atoms with van der Waals surface area (Å²) in [5.74, 6) is -1.24. The van der Waals surface area contributed by atoms with Crippen molar-refractivity contribution in [2.45, 2.75) is 30.5 Å². The molecule has 2 aromatic rings. The van der Waals surface area contributed by atoms with Crippen LogP contribution < -0.4 is 5.32 Å². The van der Waals surface area contributed by atoms with Crippen molar-refractivity contribution >= 4 is 15.7 Å². The van der Waals surface area contributed by atoms with Gasteiger partial charge in [-0.2, -0.15) is 4.98 Å². The van der Waals surface area contributed by atoms with Gasteiger partial charge in [0.05, 0.1) is 4.90 Å². The number of aromatic nitrogens is 2. The first kappa shape index (κ1) is 15.2. The van der Waals surface area contributed by atoms with E-state index < -0.39 is 21.5 Å². The number of nitrogens with zero attached hydrogens (tertiary/aromatic N) is 2. The summed E-state index contributed by atoms with van der Waals surface area (Å²) in [4.78, 5) is 15.6. The number of hydrogen-bond acceptors (Lipinski definition) is 6. The molecule has 0 aliphatic carbocycles. The van der Waals surface area contributed by atoms with Gasteiger partial charge in [0.15, 0.2) is 15.7 Å². The molecular formula is C13H15N3O4S. The zero-order chi connectivity index (χ0) is 15.5. The van der Waals surface area contributed by atoms with Crippen LogP contribution in [0, 0.1) is 0 Å². The molecule has 0 saturated heterocycles. The number of benzene rings is 1. The van der Waals surface area contributed by atoms with Gasteiger partial charge in [0.2, 0.25) is 0 Å². The lowest BCUT2D eigenvalue weighted by atomic mass is 10.4. The largest absolute Gasteiger partial charge is 0.346 e. The van der Waals surface area contributed by atoms with E-state index in [2.05, 4.69) is 15.5 Å². The molecule has 2 rings (SSSR count). The minimum Gasteiger partial charge on any atom is -0.346 e. The third kappa shape index (κ3) is 3.88. The van der Waals surface area contributed by atoms with Gasteiger partial charge < -0.3 is 9.84 Å². The summed E-state index contributed by atoms with van der Waals surface area (Å²) in [6.07, 6.45) is 0. The average molecular weight is 309 g/mol. The maximum Gasteiger partial charge on any atom is 0.315 e. The smallest absolute Gasteiger partial charge is 0.315 e. The molecule has 0 radical (unpaired) electrons. The van der Waals surface area contributed by atoms with Crippen molar-refractivity contribution in [3.8, 4) is 0 Å². The standard InChI is InChI=1S/C13H15N3O4S/c1-9(2)14-12(17)13-15-11(16-20-13)8-21(18,19)10-6-4-3-5-7-10/h3-7,9H,8H2,1-2H3,(H,14,17). The zero-order valence-electron chi connectivity index (χ0n) is 11.6. The first-order valence-corrected chi connectivity index (χ1v) is 7.95. The molecule has 0 bridgehead atoms. The molecule has 0 atom stereocenters. The predicted octanol–water partition coefficient (Wildman–Crippen LogP) is 1.18. The molecule has 21 heavy (non-hydrogen) atoms. The van der Waals surface area contributed by atoms with Crippen LogP contribution in [0.2, 0.25) is 0 Å². The monoisotopic (exact) mass is 309 g/mol. The Kier molecular flexibility index (Phi) is 4.37. The topological polar surface area (TPSA) is 102 Å². The van der Waals surface area contributed by atoms with E-state index in [0.717, 1.165) is 0 Å². The number of nitrogens with one attached hydrogen (secondary N) is 1. The van der Waals surface area contributed by atoms with Crippen molar-refractivity contribution in [1.29, 1.82) is 0 Å². The molecule has 0 aliphatic heterocycles. The molecule has 1 amide bonds. The van der Waals surface area contributed by atoms with E-state index in [-0.39, 0.29) is 22.7 Å². The summed E-state index contributed by atoms with van der Waals surface area (Å²) in [6, 6.07) is 7.88. The SMILES string of the molecule is CC(C)NC(=O)c1nc(CS(=O)(=O)c2ccccc2)no1. The van der Waals surface area contributed by atoms with Gasteiger partial charge in [-0.15, -0.1) is 0 Å². The van der Waals surface area contributed by atoms with E-state index in [4.69, 9.17) is 4.52 Å². The van der Waals surface area contributed by atoms with E-state index in [1.165, 1.54) is 12.1 Å². The number of carbonyl (C=O) groups is 1. The highest BCUT2D eigenvalue weighted by molar-refractivity contribution is 7.90. The van der Waals surface area contributed by atoms with Crippen LogP contribution in [0.4, 0.5) is 0 Å². The first-order valence-electron chi connectivity index (χ1n) is 6.30. The number of sulfone groups is 1. The predicted molar refractivity (Wildman–Crippen MR) is 74.2 cm³/mol. The maximum absolute atomic E-state index is 12.1. The van der Waals surface area contributed by atoms with Gasteiger partial charge in [-0.1, -0.05) is 23.4 Å². The van der Waals surface area contributed by atoms with Crippen LogP contribution in [-0.4, -0.2) is 30.5 Å². The van der Waals surface area contributed by atoms with Gasteiger partial charge in [0, 0.05) is 6.04 Å². The Bertz CT molecular complexity index is 723. The summed E-state index contributed by atoms with van der Waals surface area (Å²) in [5.41, 5.74) is 0. The fourth-order valence-electron chi connectivity index (χ4n) is 1.61. The number of hydrogen-bond donors (Lipinski definition) is 1. The van der Waals surface area contributed by atoms with Crippen molar-refractivity contribution in [2.24, 2.45) is 0 Å². The van der Waals surface area contributed by atoms with Crippen molar-refractivity contribution in [3.05, 3.63) is 42.0 Å². The number of amides is 1. The molecule has 0 aliphatic rings. The minimum atomic E-state index is -3.57. The van der Waals surface area contributed by atoms with Crippen LogP contribution in [-0.2, 0) is 15.6 Å². The summed E-state index contributed by atoms with van der Waals surface area (Å²) >= 11 is 0. The van der Waals surface area contributed by atoms with Gasteiger partial charge in [-0.05, 0) is 26.0 Å². The molecular weight excluding hydrogens is 294 g/mol. The second kappa shape index (κ2) is 6.04. The fraction of sp³-hybridized carbons (Fsp3) is 0.308. The van der Waals surface area contributed by atoms with Gasteiger partial charge in [0.1, 0.15) is 5.75 Å². The van der Waals surface area contributed by atoms with Gasteiger partial charge >= 0.3 is 11.8 Å². The Morgan fingerprint density at radius 2 is 1.95 bits per heavy atom. The lowest BCUT2D eigenvalue weighted by molar-refractivity contribution is 0.0899. The zero-order valence-corrected chi connectivity index (χ0v) is 12.4. The molecule has 0 unspecified atom stereocenters. The summed E-state index contributed by atoms with van der Waals surface area (Å²) < 4.78 is 29.0. The van der Waals surface area contributed by atoms with Crippen LogP contribution in [0.3, 0.4) is 0 Å². The van der Waals surface area contributed by atoms with E-state index in [1.807, 2.05) is 0 Å². The number of rotatable bonds is 5. The van der Waals surface area contributed by atoms with Crippen LogP contribution in [0.25, 0.3) is 0 Å². The van der Waals surface area contributed by atoms with Crippen molar-refractivity contribution in [3.63, 3.8) is 0 Å². The lowest BCUT2D eigenvalue weighted by Crippen LogP contribution is -2.30. The highest BCUT2D eigenvalue weighted by Crippen LogP contribution is 2.14. The Morgan fingerprint density at radius 1 is 1.29 bits per heavy atom. The molecule has 8 heteroatoms.